The van der Waals surface area contributed by atoms with Crippen molar-refractivity contribution in [3.63, 3.8) is 0 Å². The first kappa shape index (κ1) is 19.3. The van der Waals surface area contributed by atoms with Gasteiger partial charge in [0.2, 0.25) is 5.89 Å². The lowest BCUT2D eigenvalue weighted by molar-refractivity contribution is 0.311. The molecule has 0 aliphatic rings. The zero-order valence-electron chi connectivity index (χ0n) is 15.1. The van der Waals surface area contributed by atoms with Gasteiger partial charge in [0.15, 0.2) is 11.5 Å². The van der Waals surface area contributed by atoms with E-state index < -0.39 is 0 Å². The van der Waals surface area contributed by atoms with Crippen molar-refractivity contribution in [1.82, 2.24) is 10.2 Å². The second kappa shape index (κ2) is 8.46. The molecule has 140 valence electrons. The first-order chi connectivity index (χ1) is 13.0. The van der Waals surface area contributed by atoms with Gasteiger partial charge in [-0.05, 0) is 49.8 Å². The molecule has 0 unspecified atom stereocenters. The smallest absolute Gasteiger partial charge is 0.259 e. The number of methoxy groups -OCH3 is 1. The van der Waals surface area contributed by atoms with Crippen molar-refractivity contribution >= 4 is 34.3 Å². The number of aromatic nitrogens is 2. The Morgan fingerprint density at radius 1 is 1.22 bits per heavy atom. The minimum atomic E-state index is 0.220. The largest absolute Gasteiger partial charge is 0.491 e. The molecule has 0 atom stereocenters. The summed E-state index contributed by atoms with van der Waals surface area (Å²) in [5, 5.41) is 8.81. The van der Waals surface area contributed by atoms with Gasteiger partial charge in [-0.25, -0.2) is 0 Å². The maximum Gasteiger partial charge on any atom is 0.259 e. The fraction of sp³-hybridized carbons (Fsp3) is 0.200. The zero-order valence-corrected chi connectivity index (χ0v) is 16.6. The van der Waals surface area contributed by atoms with Crippen molar-refractivity contribution < 1.29 is 13.9 Å². The van der Waals surface area contributed by atoms with E-state index in [1.54, 1.807) is 18.2 Å². The Hall–Kier alpha value is -2.50. The average molecular weight is 405 g/mol. The van der Waals surface area contributed by atoms with Gasteiger partial charge in [-0.2, -0.15) is 0 Å². The Morgan fingerprint density at radius 2 is 2.04 bits per heavy atom. The number of aryl methyl sites for hydroxylation is 1. The summed E-state index contributed by atoms with van der Waals surface area (Å²) in [6.07, 6.45) is 1.68. The molecular formula is C20H18Cl2N2O3. The summed E-state index contributed by atoms with van der Waals surface area (Å²) in [5.74, 6) is 1.64. The lowest BCUT2D eigenvalue weighted by Gasteiger charge is -2.11. The molecule has 0 aliphatic carbocycles. The van der Waals surface area contributed by atoms with Crippen molar-refractivity contribution in [3.05, 3.63) is 58.4 Å². The second-order valence-corrected chi connectivity index (χ2v) is 6.56. The monoisotopic (exact) mass is 404 g/mol. The quantitative estimate of drug-likeness (QED) is 0.516. The number of benzene rings is 2. The molecule has 2 aromatic carbocycles. The van der Waals surface area contributed by atoms with Crippen molar-refractivity contribution in [2.45, 2.75) is 13.8 Å². The van der Waals surface area contributed by atoms with Gasteiger partial charge in [0.05, 0.1) is 18.7 Å². The summed E-state index contributed by atoms with van der Waals surface area (Å²) >= 11 is 12.6. The Bertz CT molecular complexity index is 983. The Kier molecular flexibility index (Phi) is 6.04. The van der Waals surface area contributed by atoms with Crippen LogP contribution in [0.1, 0.15) is 23.9 Å². The second-order valence-electron chi connectivity index (χ2n) is 5.74. The van der Waals surface area contributed by atoms with Crippen molar-refractivity contribution in [3.8, 4) is 23.0 Å². The zero-order chi connectivity index (χ0) is 19.4. The number of rotatable bonds is 6. The van der Waals surface area contributed by atoms with Gasteiger partial charge in [0, 0.05) is 5.56 Å². The van der Waals surface area contributed by atoms with Crippen LogP contribution in [-0.4, -0.2) is 23.9 Å². The fourth-order valence-electron chi connectivity index (χ4n) is 2.55. The number of hydrogen-bond donors (Lipinski definition) is 0. The predicted octanol–water partition coefficient (Wildman–Crippen LogP) is 5.84. The van der Waals surface area contributed by atoms with Gasteiger partial charge < -0.3 is 13.9 Å². The van der Waals surface area contributed by atoms with Gasteiger partial charge in [-0.15, -0.1) is 10.2 Å². The molecule has 0 radical (unpaired) electrons. The molecule has 0 aliphatic heterocycles. The third-order valence-corrected chi connectivity index (χ3v) is 4.28. The maximum absolute atomic E-state index is 6.38. The maximum atomic E-state index is 6.38. The minimum Gasteiger partial charge on any atom is -0.491 e. The molecule has 0 saturated heterocycles. The van der Waals surface area contributed by atoms with Crippen LogP contribution in [0.4, 0.5) is 0 Å². The van der Waals surface area contributed by atoms with Gasteiger partial charge in [0.1, 0.15) is 5.03 Å². The molecule has 1 aromatic heterocycles. The summed E-state index contributed by atoms with van der Waals surface area (Å²) in [6, 6.07) is 11.3. The molecule has 0 bridgehead atoms. The summed E-state index contributed by atoms with van der Waals surface area (Å²) in [7, 11) is 1.54. The summed E-state index contributed by atoms with van der Waals surface area (Å²) in [5.41, 5.74) is 2.67. The van der Waals surface area contributed by atoms with E-state index >= 15 is 0 Å². The molecule has 0 fully saturated rings. The average Bonchev–Trinajstić information content (AvgIpc) is 3.12. The standard InChI is InChI=1S/C20H18Cl2N2O3/c1-4-26-17-11-13(9-15(21)18(17)25-3)10-16(22)20-24-23-19(27-20)14-7-5-6-12(2)8-14/h5-11H,4H2,1-3H3/b16-10-. The highest BCUT2D eigenvalue weighted by atomic mass is 35.5. The molecule has 5 nitrogen and oxygen atoms in total. The van der Waals surface area contributed by atoms with Crippen molar-refractivity contribution in [2.75, 3.05) is 13.7 Å². The number of nitrogens with zero attached hydrogens (tertiary/aromatic N) is 2. The number of halogens is 2. The van der Waals surface area contributed by atoms with Crippen LogP contribution in [0, 0.1) is 6.92 Å². The van der Waals surface area contributed by atoms with Crippen LogP contribution in [0.25, 0.3) is 22.6 Å². The summed E-state index contributed by atoms with van der Waals surface area (Å²) in [6.45, 7) is 4.36. The highest BCUT2D eigenvalue weighted by molar-refractivity contribution is 6.50. The van der Waals surface area contributed by atoms with Gasteiger partial charge in [-0.3, -0.25) is 0 Å². The fourth-order valence-corrected chi connectivity index (χ4v) is 3.05. The lowest BCUT2D eigenvalue weighted by atomic mass is 10.1. The molecule has 0 saturated carbocycles. The van der Waals surface area contributed by atoms with E-state index in [-0.39, 0.29) is 5.89 Å². The van der Waals surface area contributed by atoms with Crippen LogP contribution in [0.5, 0.6) is 11.5 Å². The third-order valence-electron chi connectivity index (χ3n) is 3.72. The SMILES string of the molecule is CCOc1cc(/C=C(\Cl)c2nnc(-c3cccc(C)c3)o2)cc(Cl)c1OC. The molecule has 1 heterocycles. The Balaban J connectivity index is 1.92. The molecule has 3 rings (SSSR count). The van der Waals surface area contributed by atoms with E-state index in [9.17, 15) is 0 Å². The van der Waals surface area contributed by atoms with Gasteiger partial charge >= 0.3 is 0 Å². The van der Waals surface area contributed by atoms with E-state index in [1.807, 2.05) is 38.1 Å². The first-order valence-electron chi connectivity index (χ1n) is 8.30. The summed E-state index contributed by atoms with van der Waals surface area (Å²) in [4.78, 5) is 0. The number of ether oxygens (including phenoxy) is 2. The van der Waals surface area contributed by atoms with Gasteiger partial charge in [-0.1, -0.05) is 40.9 Å². The van der Waals surface area contributed by atoms with E-state index in [4.69, 9.17) is 37.1 Å². The summed E-state index contributed by atoms with van der Waals surface area (Å²) < 4.78 is 16.6. The van der Waals surface area contributed by atoms with E-state index in [0.717, 1.165) is 16.7 Å². The van der Waals surface area contributed by atoms with Crippen LogP contribution in [-0.2, 0) is 0 Å². The number of hydrogen-bond acceptors (Lipinski definition) is 5. The topological polar surface area (TPSA) is 57.4 Å². The van der Waals surface area contributed by atoms with Crippen LogP contribution in [0.15, 0.2) is 40.8 Å². The third kappa shape index (κ3) is 4.43. The normalized spacial score (nSPS) is 11.5. The molecule has 0 N–H and O–H groups in total. The van der Waals surface area contributed by atoms with Crippen LogP contribution in [0.2, 0.25) is 5.02 Å². The Morgan fingerprint density at radius 3 is 2.74 bits per heavy atom. The van der Waals surface area contributed by atoms with Crippen LogP contribution < -0.4 is 9.47 Å². The predicted molar refractivity (Wildman–Crippen MR) is 107 cm³/mol. The Labute approximate surface area is 167 Å². The highest BCUT2D eigenvalue weighted by Crippen LogP contribution is 2.37. The van der Waals surface area contributed by atoms with E-state index in [0.29, 0.717) is 34.1 Å². The molecular weight excluding hydrogens is 387 g/mol. The van der Waals surface area contributed by atoms with Crippen LogP contribution >= 0.6 is 23.2 Å². The lowest BCUT2D eigenvalue weighted by Crippen LogP contribution is -1.96. The van der Waals surface area contributed by atoms with Crippen LogP contribution in [0.3, 0.4) is 0 Å². The van der Waals surface area contributed by atoms with Crippen molar-refractivity contribution in [1.29, 1.82) is 0 Å². The highest BCUT2D eigenvalue weighted by Gasteiger charge is 2.14. The minimum absolute atomic E-state index is 0.220. The molecule has 0 spiro atoms. The first-order valence-corrected chi connectivity index (χ1v) is 9.06. The molecule has 7 heteroatoms. The molecule has 3 aromatic rings. The van der Waals surface area contributed by atoms with Gasteiger partial charge in [0.25, 0.3) is 5.89 Å². The molecule has 0 amide bonds. The van der Waals surface area contributed by atoms with E-state index in [1.165, 1.54) is 7.11 Å². The van der Waals surface area contributed by atoms with E-state index in [2.05, 4.69) is 10.2 Å². The van der Waals surface area contributed by atoms with Crippen molar-refractivity contribution in [2.24, 2.45) is 0 Å². The molecule has 27 heavy (non-hydrogen) atoms.